The van der Waals surface area contributed by atoms with Gasteiger partial charge in [0.25, 0.3) is 0 Å². The van der Waals surface area contributed by atoms with Crippen LogP contribution in [0, 0.1) is 0 Å². The maximum atomic E-state index is 11.5. The molecule has 6 heteroatoms. The first-order valence-electron chi connectivity index (χ1n) is 4.73. The largest absolute Gasteiger partial charge is 0.486 e. The lowest BCUT2D eigenvalue weighted by Gasteiger charge is -2.14. The van der Waals surface area contributed by atoms with Gasteiger partial charge in [-0.15, -0.1) is 0 Å². The van der Waals surface area contributed by atoms with E-state index in [2.05, 4.69) is 5.32 Å². The number of carbonyl (C=O) groups is 1. The van der Waals surface area contributed by atoms with E-state index >= 15 is 0 Å². The number of halogens is 2. The van der Waals surface area contributed by atoms with Gasteiger partial charge in [0.1, 0.15) is 11.1 Å². The van der Waals surface area contributed by atoms with Crippen LogP contribution in [-0.2, 0) is 4.79 Å². The standard InChI is InChI=1S/C10H10Cl2N2O2/c1-4-2-7(15)14-6-3-5(13)8(11)9(12)10(6)16-4/h3-4H,2,13H2,1H3,(H,14,15). The van der Waals surface area contributed by atoms with Crippen LogP contribution in [0.15, 0.2) is 6.07 Å². The number of amides is 1. The van der Waals surface area contributed by atoms with Gasteiger partial charge in [-0.25, -0.2) is 0 Å². The Morgan fingerprint density at radius 3 is 2.88 bits per heavy atom. The Kier molecular flexibility index (Phi) is 2.86. The highest BCUT2D eigenvalue weighted by atomic mass is 35.5. The van der Waals surface area contributed by atoms with Crippen LogP contribution in [0.2, 0.25) is 10.0 Å². The topological polar surface area (TPSA) is 64.4 Å². The molecule has 0 aliphatic carbocycles. The first kappa shape index (κ1) is 11.4. The summed E-state index contributed by atoms with van der Waals surface area (Å²) in [5.74, 6) is 0.239. The van der Waals surface area contributed by atoms with E-state index < -0.39 is 0 Å². The van der Waals surface area contributed by atoms with Gasteiger partial charge < -0.3 is 15.8 Å². The molecule has 86 valence electrons. The molecule has 0 spiro atoms. The molecule has 0 saturated carbocycles. The SMILES string of the molecule is CC1CC(=O)Nc2cc(N)c(Cl)c(Cl)c2O1. The van der Waals surface area contributed by atoms with Crippen molar-refractivity contribution in [2.75, 3.05) is 11.1 Å². The van der Waals surface area contributed by atoms with Gasteiger partial charge in [0.2, 0.25) is 5.91 Å². The van der Waals surface area contributed by atoms with Crippen molar-refractivity contribution in [2.45, 2.75) is 19.4 Å². The summed E-state index contributed by atoms with van der Waals surface area (Å²) in [4.78, 5) is 11.5. The van der Waals surface area contributed by atoms with E-state index in [9.17, 15) is 4.79 Å². The molecule has 1 heterocycles. The number of nitrogens with two attached hydrogens (primary N) is 1. The number of rotatable bonds is 0. The van der Waals surface area contributed by atoms with Gasteiger partial charge in [-0.05, 0) is 13.0 Å². The molecular formula is C10H10Cl2N2O2. The Hall–Kier alpha value is -1.13. The summed E-state index contributed by atoms with van der Waals surface area (Å²) in [6.07, 6.45) is 0.0150. The number of nitrogen functional groups attached to an aromatic ring is 1. The monoisotopic (exact) mass is 260 g/mol. The van der Waals surface area contributed by atoms with E-state index in [0.717, 1.165) is 0 Å². The molecule has 2 rings (SSSR count). The van der Waals surface area contributed by atoms with Crippen molar-refractivity contribution < 1.29 is 9.53 Å². The fourth-order valence-electron chi connectivity index (χ4n) is 1.54. The Morgan fingerprint density at radius 1 is 1.50 bits per heavy atom. The van der Waals surface area contributed by atoms with E-state index in [-0.39, 0.29) is 28.5 Å². The Morgan fingerprint density at radius 2 is 2.19 bits per heavy atom. The van der Waals surface area contributed by atoms with Gasteiger partial charge in [0.15, 0.2) is 5.75 Å². The Bertz CT molecular complexity index is 463. The maximum Gasteiger partial charge on any atom is 0.228 e. The predicted molar refractivity (Wildman–Crippen MR) is 64.2 cm³/mol. The number of anilines is 2. The lowest BCUT2D eigenvalue weighted by atomic mass is 10.2. The second kappa shape index (κ2) is 4.03. The second-order valence-electron chi connectivity index (χ2n) is 3.65. The quantitative estimate of drug-likeness (QED) is 0.705. The first-order valence-corrected chi connectivity index (χ1v) is 5.48. The van der Waals surface area contributed by atoms with Crippen LogP contribution in [0.25, 0.3) is 0 Å². The smallest absolute Gasteiger partial charge is 0.228 e. The van der Waals surface area contributed by atoms with Crippen molar-refractivity contribution in [3.8, 4) is 5.75 Å². The predicted octanol–water partition coefficient (Wildman–Crippen LogP) is 2.69. The average Bonchev–Trinajstić information content (AvgIpc) is 2.33. The highest BCUT2D eigenvalue weighted by molar-refractivity contribution is 6.45. The number of hydrogen-bond donors (Lipinski definition) is 2. The fourth-order valence-corrected chi connectivity index (χ4v) is 1.94. The molecule has 0 radical (unpaired) electrons. The third-order valence-electron chi connectivity index (χ3n) is 2.26. The molecule has 1 amide bonds. The lowest BCUT2D eigenvalue weighted by Crippen LogP contribution is -2.17. The number of nitrogens with one attached hydrogen (secondary N) is 1. The number of benzene rings is 1. The van der Waals surface area contributed by atoms with Crippen molar-refractivity contribution in [1.82, 2.24) is 0 Å². The Balaban J connectivity index is 2.57. The van der Waals surface area contributed by atoms with Crippen molar-refractivity contribution in [2.24, 2.45) is 0 Å². The summed E-state index contributed by atoms with van der Waals surface area (Å²) in [5.41, 5.74) is 6.42. The molecule has 0 fully saturated rings. The molecule has 0 aromatic heterocycles. The molecule has 1 unspecified atom stereocenters. The van der Waals surface area contributed by atoms with E-state index in [1.54, 1.807) is 13.0 Å². The highest BCUT2D eigenvalue weighted by Crippen LogP contribution is 2.43. The fraction of sp³-hybridized carbons (Fsp3) is 0.300. The zero-order valence-electron chi connectivity index (χ0n) is 8.51. The average molecular weight is 261 g/mol. The van der Waals surface area contributed by atoms with Crippen LogP contribution < -0.4 is 15.8 Å². The molecule has 0 bridgehead atoms. The molecule has 1 aromatic carbocycles. The van der Waals surface area contributed by atoms with Gasteiger partial charge in [-0.2, -0.15) is 0 Å². The van der Waals surface area contributed by atoms with Crippen LogP contribution in [0.5, 0.6) is 5.75 Å². The normalized spacial score (nSPS) is 19.4. The third-order valence-corrected chi connectivity index (χ3v) is 3.12. The number of fused-ring (bicyclic) bond motifs is 1. The summed E-state index contributed by atoms with van der Waals surface area (Å²) in [6.45, 7) is 1.79. The maximum absolute atomic E-state index is 11.5. The Labute approximate surface area is 103 Å². The summed E-state index contributed by atoms with van der Waals surface area (Å²) < 4.78 is 5.54. The van der Waals surface area contributed by atoms with Crippen LogP contribution in [0.1, 0.15) is 13.3 Å². The molecule has 4 nitrogen and oxygen atoms in total. The van der Waals surface area contributed by atoms with Gasteiger partial charge in [0.05, 0.1) is 22.8 Å². The molecule has 1 aliphatic rings. The van der Waals surface area contributed by atoms with Crippen molar-refractivity contribution in [3.05, 3.63) is 16.1 Å². The molecule has 1 aliphatic heterocycles. The summed E-state index contributed by atoms with van der Waals surface area (Å²) >= 11 is 11.9. The van der Waals surface area contributed by atoms with Crippen LogP contribution in [0.3, 0.4) is 0 Å². The van der Waals surface area contributed by atoms with Crippen molar-refractivity contribution in [3.63, 3.8) is 0 Å². The minimum Gasteiger partial charge on any atom is -0.486 e. The van der Waals surface area contributed by atoms with Crippen molar-refractivity contribution >= 4 is 40.5 Å². The highest BCUT2D eigenvalue weighted by Gasteiger charge is 2.24. The number of carbonyl (C=O) groups excluding carboxylic acids is 1. The van der Waals surface area contributed by atoms with E-state index in [4.69, 9.17) is 33.7 Å². The van der Waals surface area contributed by atoms with E-state index in [0.29, 0.717) is 17.1 Å². The van der Waals surface area contributed by atoms with Crippen molar-refractivity contribution in [1.29, 1.82) is 0 Å². The van der Waals surface area contributed by atoms with Crippen LogP contribution in [-0.4, -0.2) is 12.0 Å². The molecule has 3 N–H and O–H groups in total. The van der Waals surface area contributed by atoms with Gasteiger partial charge >= 0.3 is 0 Å². The second-order valence-corrected chi connectivity index (χ2v) is 4.41. The molecule has 1 atom stereocenters. The van der Waals surface area contributed by atoms with Crippen LogP contribution >= 0.6 is 23.2 Å². The van der Waals surface area contributed by atoms with Gasteiger partial charge in [0, 0.05) is 0 Å². The summed E-state index contributed by atoms with van der Waals surface area (Å²) in [6, 6.07) is 1.54. The molecular weight excluding hydrogens is 251 g/mol. The van der Waals surface area contributed by atoms with E-state index in [1.807, 2.05) is 0 Å². The zero-order chi connectivity index (χ0) is 11.9. The van der Waals surface area contributed by atoms with E-state index in [1.165, 1.54) is 0 Å². The molecule has 16 heavy (non-hydrogen) atoms. The molecule has 1 aromatic rings. The molecule has 0 saturated heterocycles. The third kappa shape index (κ3) is 1.90. The zero-order valence-corrected chi connectivity index (χ0v) is 10.0. The summed E-state index contributed by atoms with van der Waals surface area (Å²) in [5, 5.41) is 3.14. The number of ether oxygens (including phenoxy) is 1. The number of hydrogen-bond acceptors (Lipinski definition) is 3. The van der Waals surface area contributed by atoms with Crippen LogP contribution in [0.4, 0.5) is 11.4 Å². The minimum absolute atomic E-state index is 0.135. The van der Waals surface area contributed by atoms with Gasteiger partial charge in [-0.1, -0.05) is 23.2 Å². The minimum atomic E-state index is -0.251. The summed E-state index contributed by atoms with van der Waals surface area (Å²) in [7, 11) is 0. The first-order chi connectivity index (χ1) is 7.49. The van der Waals surface area contributed by atoms with Gasteiger partial charge in [-0.3, -0.25) is 4.79 Å². The lowest BCUT2D eigenvalue weighted by molar-refractivity contribution is -0.117.